The van der Waals surface area contributed by atoms with Crippen molar-refractivity contribution in [3.05, 3.63) is 42.0 Å². The highest BCUT2D eigenvalue weighted by atomic mass is 16.6. The van der Waals surface area contributed by atoms with Crippen molar-refractivity contribution in [1.29, 1.82) is 0 Å². The highest BCUT2D eigenvalue weighted by Crippen LogP contribution is 2.21. The van der Waals surface area contributed by atoms with E-state index in [4.69, 9.17) is 4.74 Å². The molecule has 0 radical (unpaired) electrons. The first-order valence-electron chi connectivity index (χ1n) is 5.29. The van der Waals surface area contributed by atoms with Crippen molar-refractivity contribution in [2.45, 2.75) is 12.7 Å². The van der Waals surface area contributed by atoms with E-state index in [-0.39, 0.29) is 12.3 Å². The number of carbonyl (C=O) groups is 1. The number of hydrogen-bond donors (Lipinski definition) is 1. The van der Waals surface area contributed by atoms with E-state index in [1.807, 2.05) is 0 Å². The van der Waals surface area contributed by atoms with E-state index in [0.717, 1.165) is 0 Å². The van der Waals surface area contributed by atoms with Crippen molar-refractivity contribution >= 4 is 12.0 Å². The zero-order valence-corrected chi connectivity index (χ0v) is 9.46. The van der Waals surface area contributed by atoms with E-state index in [1.165, 1.54) is 13.0 Å². The van der Waals surface area contributed by atoms with Crippen molar-refractivity contribution in [2.24, 2.45) is 4.99 Å². The fourth-order valence-corrected chi connectivity index (χ4v) is 1.54. The fraction of sp³-hybridized carbons (Fsp3) is 0.231. The Morgan fingerprint density at radius 1 is 1.53 bits per heavy atom. The summed E-state index contributed by atoms with van der Waals surface area (Å²) in [6, 6.07) is 6.71. The van der Waals surface area contributed by atoms with Crippen molar-refractivity contribution in [3.8, 4) is 5.75 Å². The number of rotatable bonds is 3. The van der Waals surface area contributed by atoms with Gasteiger partial charge in [0.15, 0.2) is 5.78 Å². The van der Waals surface area contributed by atoms with Crippen LogP contribution in [0, 0.1) is 0 Å². The minimum Gasteiger partial charge on any atom is -0.457 e. The van der Waals surface area contributed by atoms with E-state index >= 15 is 0 Å². The van der Waals surface area contributed by atoms with Gasteiger partial charge in [0, 0.05) is 11.8 Å². The average molecular weight is 231 g/mol. The zero-order valence-electron chi connectivity index (χ0n) is 9.46. The van der Waals surface area contributed by atoms with Gasteiger partial charge in [0.25, 0.3) is 0 Å². The Bertz CT molecular complexity index is 493. The number of aliphatic hydroxyl groups is 1. The lowest BCUT2D eigenvalue weighted by atomic mass is 10.1. The number of benzene rings is 1. The lowest BCUT2D eigenvalue weighted by Crippen LogP contribution is -2.38. The molecule has 0 amide bonds. The third-order valence-electron chi connectivity index (χ3n) is 2.40. The summed E-state index contributed by atoms with van der Waals surface area (Å²) >= 11 is 0. The van der Waals surface area contributed by atoms with Crippen molar-refractivity contribution < 1.29 is 14.6 Å². The number of allylic oxidation sites excluding steroid dienone is 1. The highest BCUT2D eigenvalue weighted by Gasteiger charge is 2.26. The predicted octanol–water partition coefficient (Wildman–Crippen LogP) is 1.60. The summed E-state index contributed by atoms with van der Waals surface area (Å²) < 4.78 is 5.44. The first kappa shape index (κ1) is 11.5. The Labute approximate surface area is 99.3 Å². The third-order valence-corrected chi connectivity index (χ3v) is 2.40. The first-order valence-corrected chi connectivity index (χ1v) is 5.29. The fourth-order valence-electron chi connectivity index (χ4n) is 1.54. The standard InChI is InChI=1S/C13H13NO3/c1-10(15)11-4-2-5-12(8-11)17-13(16)6-3-7-14-9-13/h2-8,16H,9H2,1H3. The van der Waals surface area contributed by atoms with E-state index < -0.39 is 5.79 Å². The van der Waals surface area contributed by atoms with Crippen LogP contribution in [0.5, 0.6) is 5.75 Å². The highest BCUT2D eigenvalue weighted by molar-refractivity contribution is 5.94. The second-order valence-electron chi connectivity index (χ2n) is 3.88. The summed E-state index contributed by atoms with van der Waals surface area (Å²) in [5.41, 5.74) is 0.550. The Morgan fingerprint density at radius 3 is 3.00 bits per heavy atom. The van der Waals surface area contributed by atoms with Gasteiger partial charge in [0.05, 0.1) is 0 Å². The quantitative estimate of drug-likeness (QED) is 0.635. The molecule has 1 N–H and O–H groups in total. The molecule has 4 nitrogen and oxygen atoms in total. The summed E-state index contributed by atoms with van der Waals surface area (Å²) in [5, 5.41) is 10.0. The molecule has 0 saturated heterocycles. The Morgan fingerprint density at radius 2 is 2.35 bits per heavy atom. The van der Waals surface area contributed by atoms with Gasteiger partial charge >= 0.3 is 0 Å². The van der Waals surface area contributed by atoms with Crippen molar-refractivity contribution in [2.75, 3.05) is 6.54 Å². The van der Waals surface area contributed by atoms with Crippen LogP contribution in [0.3, 0.4) is 0 Å². The number of ketones is 1. The number of aliphatic imine (C=N–C) groups is 1. The summed E-state index contributed by atoms with van der Waals surface area (Å²) in [5.74, 6) is -1.02. The molecule has 1 heterocycles. The van der Waals surface area contributed by atoms with Crippen LogP contribution in [0.4, 0.5) is 0 Å². The summed E-state index contributed by atoms with van der Waals surface area (Å²) in [6.07, 6.45) is 4.75. The number of Topliss-reactive ketones (excluding diaryl/α,β-unsaturated/α-hetero) is 1. The lowest BCUT2D eigenvalue weighted by Gasteiger charge is -2.25. The smallest absolute Gasteiger partial charge is 0.248 e. The van der Waals surface area contributed by atoms with Gasteiger partial charge in [0.2, 0.25) is 5.79 Å². The molecule has 0 saturated carbocycles. The van der Waals surface area contributed by atoms with Crippen LogP contribution in [-0.4, -0.2) is 29.4 Å². The lowest BCUT2D eigenvalue weighted by molar-refractivity contribution is -0.0856. The maximum Gasteiger partial charge on any atom is 0.248 e. The van der Waals surface area contributed by atoms with Crippen LogP contribution >= 0.6 is 0 Å². The van der Waals surface area contributed by atoms with Gasteiger partial charge in [-0.1, -0.05) is 12.1 Å². The Kier molecular flexibility index (Phi) is 3.06. The molecule has 1 atom stereocenters. The summed E-state index contributed by atoms with van der Waals surface area (Å²) in [7, 11) is 0. The number of nitrogens with zero attached hydrogens (tertiary/aromatic N) is 1. The van der Waals surface area contributed by atoms with Crippen LogP contribution in [0.15, 0.2) is 41.4 Å². The van der Waals surface area contributed by atoms with Crippen LogP contribution in [0.2, 0.25) is 0 Å². The topological polar surface area (TPSA) is 58.9 Å². The molecule has 17 heavy (non-hydrogen) atoms. The first-order chi connectivity index (χ1) is 8.09. The van der Waals surface area contributed by atoms with E-state index in [0.29, 0.717) is 11.3 Å². The minimum atomic E-state index is -1.43. The molecule has 1 aromatic rings. The van der Waals surface area contributed by atoms with Crippen LogP contribution < -0.4 is 4.74 Å². The molecule has 0 aliphatic carbocycles. The van der Waals surface area contributed by atoms with Gasteiger partial charge in [-0.3, -0.25) is 9.79 Å². The maximum absolute atomic E-state index is 11.2. The molecule has 1 aromatic carbocycles. The minimum absolute atomic E-state index is 0.0420. The molecule has 0 fully saturated rings. The molecule has 0 aromatic heterocycles. The summed E-state index contributed by atoms with van der Waals surface area (Å²) in [4.78, 5) is 15.1. The van der Waals surface area contributed by atoms with Gasteiger partial charge in [0.1, 0.15) is 12.3 Å². The number of hydrogen-bond acceptors (Lipinski definition) is 4. The van der Waals surface area contributed by atoms with Gasteiger partial charge in [-0.2, -0.15) is 0 Å². The third kappa shape index (κ3) is 2.79. The Balaban J connectivity index is 2.18. The monoisotopic (exact) mass is 231 g/mol. The molecule has 0 bridgehead atoms. The van der Waals surface area contributed by atoms with E-state index in [2.05, 4.69) is 4.99 Å². The molecule has 4 heteroatoms. The molecule has 1 unspecified atom stereocenters. The number of dihydropyridines is 1. The van der Waals surface area contributed by atoms with Gasteiger partial charge in [-0.05, 0) is 31.2 Å². The molecule has 1 aliphatic heterocycles. The number of ether oxygens (including phenoxy) is 1. The molecule has 2 rings (SSSR count). The number of carbonyl (C=O) groups excluding carboxylic acids is 1. The van der Waals surface area contributed by atoms with Crippen molar-refractivity contribution in [1.82, 2.24) is 0 Å². The molecular weight excluding hydrogens is 218 g/mol. The predicted molar refractivity (Wildman–Crippen MR) is 64.5 cm³/mol. The van der Waals surface area contributed by atoms with E-state index in [1.54, 1.807) is 36.6 Å². The molecular formula is C13H13NO3. The maximum atomic E-state index is 11.2. The molecule has 0 spiro atoms. The zero-order chi connectivity index (χ0) is 12.3. The molecule has 88 valence electrons. The van der Waals surface area contributed by atoms with Crippen LogP contribution in [-0.2, 0) is 0 Å². The molecule has 1 aliphatic rings. The summed E-state index contributed by atoms with van der Waals surface area (Å²) in [6.45, 7) is 1.63. The van der Waals surface area contributed by atoms with E-state index in [9.17, 15) is 9.90 Å². The van der Waals surface area contributed by atoms with Gasteiger partial charge < -0.3 is 9.84 Å². The SMILES string of the molecule is CC(=O)c1cccc(OC2(O)C=CC=NC2)c1. The van der Waals surface area contributed by atoms with Crippen molar-refractivity contribution in [3.63, 3.8) is 0 Å². The normalized spacial score (nSPS) is 22.5. The van der Waals surface area contributed by atoms with Gasteiger partial charge in [-0.25, -0.2) is 0 Å². The second kappa shape index (κ2) is 4.51. The van der Waals surface area contributed by atoms with Crippen LogP contribution in [0.25, 0.3) is 0 Å². The second-order valence-corrected chi connectivity index (χ2v) is 3.88. The largest absolute Gasteiger partial charge is 0.457 e. The van der Waals surface area contributed by atoms with Gasteiger partial charge in [-0.15, -0.1) is 0 Å². The van der Waals surface area contributed by atoms with Crippen LogP contribution in [0.1, 0.15) is 17.3 Å². The average Bonchev–Trinajstić information content (AvgIpc) is 2.29. The Hall–Kier alpha value is -1.94.